The van der Waals surface area contributed by atoms with Gasteiger partial charge in [-0.25, -0.2) is 0 Å². The van der Waals surface area contributed by atoms with Crippen molar-refractivity contribution < 1.29 is 14.3 Å². The van der Waals surface area contributed by atoms with Crippen molar-refractivity contribution >= 4 is 5.97 Å². The zero-order valence-electron chi connectivity index (χ0n) is 15.6. The number of aryl methyl sites for hydroxylation is 1. The highest BCUT2D eigenvalue weighted by Gasteiger charge is 2.39. The molecule has 0 saturated heterocycles. The van der Waals surface area contributed by atoms with Crippen molar-refractivity contribution in [3.63, 3.8) is 0 Å². The number of esters is 1. The number of ether oxygens (including phenoxy) is 2. The molecule has 1 spiro atoms. The standard InChI is InChI=1S/C22H32O3/c1-24-21(23)11-8-18-6-9-20(10-7-18)25-17-19-12-15-22(16-19)13-4-2-3-5-14-22/h6-7,9-10,19H,2-5,8,11-17H2,1H3. The molecule has 3 rings (SSSR count). The van der Waals surface area contributed by atoms with E-state index in [4.69, 9.17) is 4.74 Å². The van der Waals surface area contributed by atoms with Crippen LogP contribution < -0.4 is 4.74 Å². The maximum absolute atomic E-state index is 11.2. The summed E-state index contributed by atoms with van der Waals surface area (Å²) in [6, 6.07) is 8.17. The number of carbonyl (C=O) groups is 1. The SMILES string of the molecule is COC(=O)CCc1ccc(OCC2CCC3(CCCCCC3)C2)cc1. The van der Waals surface area contributed by atoms with Gasteiger partial charge in [0, 0.05) is 6.42 Å². The third-order valence-electron chi connectivity index (χ3n) is 6.22. The molecule has 2 saturated carbocycles. The van der Waals surface area contributed by atoms with E-state index >= 15 is 0 Å². The minimum Gasteiger partial charge on any atom is -0.493 e. The first kappa shape index (κ1) is 18.3. The van der Waals surface area contributed by atoms with E-state index in [1.165, 1.54) is 64.9 Å². The van der Waals surface area contributed by atoms with Gasteiger partial charge in [0.2, 0.25) is 0 Å². The lowest BCUT2D eigenvalue weighted by atomic mass is 9.78. The average molecular weight is 344 g/mol. The molecule has 2 aliphatic carbocycles. The molecule has 2 aliphatic rings. The van der Waals surface area contributed by atoms with E-state index in [9.17, 15) is 4.79 Å². The lowest BCUT2D eigenvalue weighted by Gasteiger charge is -2.27. The predicted octanol–water partition coefficient (Wildman–Crippen LogP) is 5.31. The van der Waals surface area contributed by atoms with E-state index in [2.05, 4.69) is 16.9 Å². The molecule has 25 heavy (non-hydrogen) atoms. The Bertz CT molecular complexity index is 541. The van der Waals surface area contributed by atoms with Crippen LogP contribution in [-0.4, -0.2) is 19.7 Å². The van der Waals surface area contributed by atoms with Gasteiger partial charge in [-0.2, -0.15) is 0 Å². The molecular weight excluding hydrogens is 312 g/mol. The van der Waals surface area contributed by atoms with Gasteiger partial charge in [-0.3, -0.25) is 4.79 Å². The van der Waals surface area contributed by atoms with Crippen LogP contribution in [0.3, 0.4) is 0 Å². The molecule has 0 amide bonds. The summed E-state index contributed by atoms with van der Waals surface area (Å²) in [7, 11) is 1.43. The highest BCUT2D eigenvalue weighted by atomic mass is 16.5. The molecule has 0 aliphatic heterocycles. The number of benzene rings is 1. The molecule has 1 atom stereocenters. The van der Waals surface area contributed by atoms with Crippen LogP contribution in [0.15, 0.2) is 24.3 Å². The Hall–Kier alpha value is -1.51. The summed E-state index contributed by atoms with van der Waals surface area (Å²) in [5.41, 5.74) is 1.79. The van der Waals surface area contributed by atoms with Crippen molar-refractivity contribution in [2.24, 2.45) is 11.3 Å². The molecule has 0 heterocycles. The molecule has 1 aromatic rings. The molecule has 3 heteroatoms. The summed E-state index contributed by atoms with van der Waals surface area (Å²) in [5.74, 6) is 1.51. The molecule has 1 aromatic carbocycles. The van der Waals surface area contributed by atoms with E-state index < -0.39 is 0 Å². The first-order chi connectivity index (χ1) is 12.2. The first-order valence-corrected chi connectivity index (χ1v) is 9.98. The number of hydrogen-bond donors (Lipinski definition) is 0. The minimum absolute atomic E-state index is 0.158. The second kappa shape index (κ2) is 8.73. The number of methoxy groups -OCH3 is 1. The molecule has 1 unspecified atom stereocenters. The Morgan fingerprint density at radius 2 is 1.80 bits per heavy atom. The fourth-order valence-electron chi connectivity index (χ4n) is 4.72. The van der Waals surface area contributed by atoms with Crippen LogP contribution in [0.2, 0.25) is 0 Å². The highest BCUT2D eigenvalue weighted by molar-refractivity contribution is 5.69. The van der Waals surface area contributed by atoms with Gasteiger partial charge in [-0.15, -0.1) is 0 Å². The smallest absolute Gasteiger partial charge is 0.305 e. The molecule has 0 radical (unpaired) electrons. The molecule has 0 aromatic heterocycles. The Morgan fingerprint density at radius 1 is 1.08 bits per heavy atom. The fourth-order valence-corrected chi connectivity index (χ4v) is 4.72. The molecule has 0 bridgehead atoms. The van der Waals surface area contributed by atoms with Crippen LogP contribution in [-0.2, 0) is 16.0 Å². The molecule has 2 fully saturated rings. The second-order valence-corrected chi connectivity index (χ2v) is 8.05. The molecule has 3 nitrogen and oxygen atoms in total. The van der Waals surface area contributed by atoms with Crippen molar-refractivity contribution in [2.45, 2.75) is 70.6 Å². The van der Waals surface area contributed by atoms with Gasteiger partial charge in [0.1, 0.15) is 5.75 Å². The van der Waals surface area contributed by atoms with Crippen LogP contribution in [0.25, 0.3) is 0 Å². The third kappa shape index (κ3) is 5.23. The zero-order chi connectivity index (χ0) is 17.5. The first-order valence-electron chi connectivity index (χ1n) is 9.98. The van der Waals surface area contributed by atoms with Crippen LogP contribution in [0.5, 0.6) is 5.75 Å². The van der Waals surface area contributed by atoms with Crippen molar-refractivity contribution in [1.29, 1.82) is 0 Å². The number of carbonyl (C=O) groups excluding carboxylic acids is 1. The topological polar surface area (TPSA) is 35.5 Å². The van der Waals surface area contributed by atoms with Gasteiger partial charge in [0.05, 0.1) is 13.7 Å². The Labute approximate surface area is 152 Å². The maximum Gasteiger partial charge on any atom is 0.305 e. The van der Waals surface area contributed by atoms with E-state index in [1.54, 1.807) is 0 Å². The van der Waals surface area contributed by atoms with Gasteiger partial charge in [-0.05, 0) is 67.6 Å². The summed E-state index contributed by atoms with van der Waals surface area (Å²) in [5, 5.41) is 0. The van der Waals surface area contributed by atoms with E-state index in [0.717, 1.165) is 30.3 Å². The van der Waals surface area contributed by atoms with Crippen LogP contribution >= 0.6 is 0 Å². The van der Waals surface area contributed by atoms with Crippen molar-refractivity contribution in [3.8, 4) is 5.75 Å². The van der Waals surface area contributed by atoms with Crippen molar-refractivity contribution in [1.82, 2.24) is 0 Å². The molecule has 0 N–H and O–H groups in total. The fraction of sp³-hybridized carbons (Fsp3) is 0.682. The second-order valence-electron chi connectivity index (χ2n) is 8.05. The van der Waals surface area contributed by atoms with Gasteiger partial charge >= 0.3 is 5.97 Å². The largest absolute Gasteiger partial charge is 0.493 e. The van der Waals surface area contributed by atoms with Crippen LogP contribution in [0, 0.1) is 11.3 Å². The van der Waals surface area contributed by atoms with E-state index in [-0.39, 0.29) is 5.97 Å². The Kier molecular flexibility index (Phi) is 6.39. The normalized spacial score (nSPS) is 22.5. The molecule has 138 valence electrons. The highest BCUT2D eigenvalue weighted by Crippen LogP contribution is 2.50. The zero-order valence-corrected chi connectivity index (χ0v) is 15.6. The van der Waals surface area contributed by atoms with Crippen LogP contribution in [0.1, 0.15) is 69.8 Å². The van der Waals surface area contributed by atoms with Gasteiger partial charge in [-0.1, -0.05) is 37.8 Å². The summed E-state index contributed by atoms with van der Waals surface area (Å²) < 4.78 is 10.7. The number of rotatable bonds is 6. The summed E-state index contributed by atoms with van der Waals surface area (Å²) in [6.45, 7) is 0.850. The summed E-state index contributed by atoms with van der Waals surface area (Å²) in [4.78, 5) is 11.2. The van der Waals surface area contributed by atoms with Crippen molar-refractivity contribution in [3.05, 3.63) is 29.8 Å². The average Bonchev–Trinajstić information content (AvgIpc) is 2.90. The monoisotopic (exact) mass is 344 g/mol. The van der Waals surface area contributed by atoms with Crippen LogP contribution in [0.4, 0.5) is 0 Å². The maximum atomic E-state index is 11.2. The lowest BCUT2D eigenvalue weighted by Crippen LogP contribution is -2.17. The van der Waals surface area contributed by atoms with Crippen molar-refractivity contribution in [2.75, 3.05) is 13.7 Å². The Morgan fingerprint density at radius 3 is 2.48 bits per heavy atom. The summed E-state index contributed by atoms with van der Waals surface area (Å²) >= 11 is 0. The van der Waals surface area contributed by atoms with E-state index in [0.29, 0.717) is 11.8 Å². The molecular formula is C22H32O3. The third-order valence-corrected chi connectivity index (χ3v) is 6.22. The summed E-state index contributed by atoms with van der Waals surface area (Å²) in [6.07, 6.45) is 13.9. The number of hydrogen-bond acceptors (Lipinski definition) is 3. The van der Waals surface area contributed by atoms with Gasteiger partial charge < -0.3 is 9.47 Å². The minimum atomic E-state index is -0.158. The van der Waals surface area contributed by atoms with Gasteiger partial charge in [0.15, 0.2) is 0 Å². The van der Waals surface area contributed by atoms with Gasteiger partial charge in [0.25, 0.3) is 0 Å². The predicted molar refractivity (Wildman–Crippen MR) is 99.8 cm³/mol. The Balaban J connectivity index is 1.43. The lowest BCUT2D eigenvalue weighted by molar-refractivity contribution is -0.140. The van der Waals surface area contributed by atoms with E-state index in [1.807, 2.05) is 12.1 Å². The quantitative estimate of drug-likeness (QED) is 0.656.